The molecule has 0 N–H and O–H groups in total. The molecule has 7 nitrogen and oxygen atoms in total. The SMILES string of the molecule is CC1(C)c2ccccc2P(=S)(c2ccccc2)c2ccc(-n3c4ccc(-n5c6ccccc6c6ccccc65)cc4c4cc(-n5c6ccccc6c6ccccc65)ccc43)cc21.S=P1(c2ccccc2)c2ccccc2N(c2ccccc2)c2cc(-n3c4ccc(-n5c6ccccc6c6ccccc65)cc4c4cc(-n5c6ccccc6c6ccccc65)ccc43)ccc21. The lowest BCUT2D eigenvalue weighted by atomic mass is 9.77. The molecule has 0 spiro atoms. The summed E-state index contributed by atoms with van der Waals surface area (Å²) in [5, 5.41) is 22.2. The largest absolute Gasteiger partial charge is 0.309 e. The van der Waals surface area contributed by atoms with Gasteiger partial charge >= 0.3 is 0 Å². The third-order valence-electron chi connectivity index (χ3n) is 27.5. The molecule has 19 aromatic carbocycles. The standard InChI is InChI=1S/C60H39N4PS.C57H40N3PS/c66-65(44-19-5-2-6-20-44)59-30-16-15-29-57(59)61(40-17-3-1-4-18-40)58-39-43(33-36-60(58)65)64-55-34-31-41(62-51-25-11-7-21-45(51)46-22-8-12-26-52(46)62)37-49(55)50-38-42(32-35-56(50)64)63-53-27-13-9-23-47(53)48-24-10-14-28-54(48)63;1-57(2)47-22-10-15-27-55(47)61(62,40-16-4-3-5-17-40)56-33-30-39(36-48(56)57)60-53-31-28-37(58-49-23-11-6-18-41(49)42-19-7-12-24-50(42)58)34-45(53)46-35-38(29-32-54(46)60)59-51-25-13-8-20-43(51)44-21-9-14-26-52(44)59/h1-39H;3-36H,1-2H3. The van der Waals surface area contributed by atoms with Crippen LogP contribution in [-0.4, -0.2) is 27.4 Å². The number of benzene rings is 19. The lowest BCUT2D eigenvalue weighted by Crippen LogP contribution is -2.42. The van der Waals surface area contributed by atoms with Crippen LogP contribution in [0.25, 0.3) is 165 Å². The summed E-state index contributed by atoms with van der Waals surface area (Å²) in [7, 11) is 0. The van der Waals surface area contributed by atoms with E-state index >= 15 is 0 Å². The monoisotopic (exact) mass is 1710 g/mol. The molecule has 0 radical (unpaired) electrons. The number of hydrogen-bond donors (Lipinski definition) is 0. The molecule has 25 aromatic rings. The molecule has 0 aliphatic carbocycles. The predicted molar refractivity (Wildman–Crippen MR) is 551 cm³/mol. The molecule has 0 bridgehead atoms. The quantitative estimate of drug-likeness (QED) is 0.135. The van der Waals surface area contributed by atoms with Crippen LogP contribution in [0.4, 0.5) is 17.1 Å². The molecule has 27 rings (SSSR count). The van der Waals surface area contributed by atoms with Crippen LogP contribution < -0.4 is 36.7 Å². The molecular formula is C117H79N7P2S2. The third-order valence-corrected chi connectivity index (χ3v) is 37.4. The Kier molecular flexibility index (Phi) is 16.6. The lowest BCUT2D eigenvalue weighted by Gasteiger charge is -2.42. The molecule has 0 amide bonds. The molecule has 6 aromatic heterocycles. The summed E-state index contributed by atoms with van der Waals surface area (Å²) >= 11 is 14.0. The van der Waals surface area contributed by atoms with Crippen LogP contribution in [0.3, 0.4) is 0 Å². The van der Waals surface area contributed by atoms with Gasteiger partial charge in [-0.25, -0.2) is 0 Å². The Bertz CT molecular complexity index is 8540. The predicted octanol–water partition coefficient (Wildman–Crippen LogP) is 27.9. The molecule has 2 aliphatic rings. The summed E-state index contributed by atoms with van der Waals surface area (Å²) in [6, 6.07) is 158. The van der Waals surface area contributed by atoms with Gasteiger partial charge in [0.1, 0.15) is 0 Å². The van der Waals surface area contributed by atoms with Crippen molar-refractivity contribution in [1.29, 1.82) is 0 Å². The average Bonchev–Trinajstić information content (AvgIpc) is 0.890. The van der Waals surface area contributed by atoms with Crippen molar-refractivity contribution in [2.45, 2.75) is 19.3 Å². The van der Waals surface area contributed by atoms with Gasteiger partial charge in [-0.05, 0) is 202 Å². The van der Waals surface area contributed by atoms with Gasteiger partial charge in [0.15, 0.2) is 0 Å². The van der Waals surface area contributed by atoms with Crippen molar-refractivity contribution >= 4 is 215 Å². The van der Waals surface area contributed by atoms with E-state index in [0.29, 0.717) is 0 Å². The number of nitrogens with zero attached hydrogens (tertiary/aromatic N) is 7. The Morgan fingerprint density at radius 3 is 0.781 bits per heavy atom. The van der Waals surface area contributed by atoms with Crippen molar-refractivity contribution in [2.75, 3.05) is 4.90 Å². The van der Waals surface area contributed by atoms with E-state index in [9.17, 15) is 0 Å². The zero-order valence-electron chi connectivity index (χ0n) is 70.0. The molecule has 2 atom stereocenters. The van der Waals surface area contributed by atoms with E-state index in [0.717, 1.165) is 62.2 Å². The van der Waals surface area contributed by atoms with E-state index < -0.39 is 12.1 Å². The first kappa shape index (κ1) is 74.5. The van der Waals surface area contributed by atoms with Crippen molar-refractivity contribution in [3.8, 4) is 34.1 Å². The summed E-state index contributed by atoms with van der Waals surface area (Å²) in [4.78, 5) is 2.43. The summed E-state index contributed by atoms with van der Waals surface area (Å²) in [6.07, 6.45) is 0. The summed E-state index contributed by atoms with van der Waals surface area (Å²) in [5.74, 6) is 0. The molecule has 2 unspecified atom stereocenters. The number of fused-ring (bicyclic) bond motifs is 22. The van der Waals surface area contributed by atoms with E-state index in [1.165, 1.54) is 163 Å². The number of para-hydroxylation sites is 10. The van der Waals surface area contributed by atoms with Crippen LogP contribution >= 0.6 is 12.1 Å². The van der Waals surface area contributed by atoms with Gasteiger partial charge in [0.2, 0.25) is 0 Å². The number of rotatable bonds is 9. The zero-order chi connectivity index (χ0) is 84.8. The minimum absolute atomic E-state index is 0.259. The fourth-order valence-corrected chi connectivity index (χ4v) is 30.8. The van der Waals surface area contributed by atoms with E-state index in [2.05, 4.69) is 489 Å². The molecular weight excluding hydrogens is 1630 g/mol. The highest BCUT2D eigenvalue weighted by Crippen LogP contribution is 2.57. The first-order valence-corrected chi connectivity index (χ1v) is 49.4. The second kappa shape index (κ2) is 28.6. The Morgan fingerprint density at radius 1 is 0.180 bits per heavy atom. The van der Waals surface area contributed by atoms with Crippen molar-refractivity contribution in [2.24, 2.45) is 0 Å². The van der Waals surface area contributed by atoms with Crippen LogP contribution in [0.5, 0.6) is 0 Å². The van der Waals surface area contributed by atoms with Crippen molar-refractivity contribution in [1.82, 2.24) is 27.4 Å². The van der Waals surface area contributed by atoms with Crippen molar-refractivity contribution in [3.63, 3.8) is 0 Å². The molecule has 8 heterocycles. The van der Waals surface area contributed by atoms with Crippen molar-refractivity contribution < 1.29 is 0 Å². The first-order valence-electron chi connectivity index (χ1n) is 43.8. The van der Waals surface area contributed by atoms with E-state index in [4.69, 9.17) is 23.6 Å². The summed E-state index contributed by atoms with van der Waals surface area (Å²) < 4.78 is 14.7. The Balaban J connectivity index is 0.000000136. The fraction of sp³-hybridized carbons (Fsp3) is 0.0256. The van der Waals surface area contributed by atoms with Crippen molar-refractivity contribution in [3.05, 3.63) is 454 Å². The molecule has 604 valence electrons. The molecule has 0 saturated carbocycles. The number of hydrogen-bond acceptors (Lipinski definition) is 3. The Hall–Kier alpha value is -14.9. The molecule has 2 aliphatic heterocycles. The van der Waals surface area contributed by atoms with Gasteiger partial charge in [0.05, 0.1) is 77.6 Å². The van der Waals surface area contributed by atoms with Crippen LogP contribution in [-0.2, 0) is 29.0 Å². The second-order valence-electron chi connectivity index (χ2n) is 34.5. The zero-order valence-corrected chi connectivity index (χ0v) is 73.4. The Labute approximate surface area is 749 Å². The maximum absolute atomic E-state index is 7.04. The van der Waals surface area contributed by atoms with Crippen LogP contribution in [0.1, 0.15) is 25.0 Å². The van der Waals surface area contributed by atoms with E-state index in [1.54, 1.807) is 0 Å². The van der Waals surface area contributed by atoms with Crippen LogP contribution in [0, 0.1) is 0 Å². The van der Waals surface area contributed by atoms with Gasteiger partial charge in [0, 0.05) is 133 Å². The number of anilines is 3. The summed E-state index contributed by atoms with van der Waals surface area (Å²) in [6.45, 7) is 4.75. The topological polar surface area (TPSA) is 32.8 Å². The van der Waals surface area contributed by atoms with Crippen LogP contribution in [0.15, 0.2) is 443 Å². The second-order valence-corrected chi connectivity index (χ2v) is 43.2. The van der Waals surface area contributed by atoms with E-state index in [1.807, 2.05) is 0 Å². The van der Waals surface area contributed by atoms with Gasteiger partial charge < -0.3 is 32.3 Å². The molecule has 128 heavy (non-hydrogen) atoms. The van der Waals surface area contributed by atoms with E-state index in [-0.39, 0.29) is 5.41 Å². The summed E-state index contributed by atoms with van der Waals surface area (Å²) in [5.41, 5.74) is 26.7. The smallest absolute Gasteiger partial charge is 0.0573 e. The highest BCUT2D eigenvalue weighted by Gasteiger charge is 2.43. The van der Waals surface area contributed by atoms with Gasteiger partial charge in [-0.2, -0.15) is 0 Å². The molecule has 0 saturated heterocycles. The third kappa shape index (κ3) is 10.8. The molecule has 0 fully saturated rings. The minimum Gasteiger partial charge on any atom is -0.309 e. The van der Waals surface area contributed by atoms with Gasteiger partial charge in [0.25, 0.3) is 0 Å². The first-order chi connectivity index (χ1) is 63.1. The average molecular weight is 1710 g/mol. The number of aromatic nitrogens is 6. The lowest BCUT2D eigenvalue weighted by molar-refractivity contribution is 0.647. The highest BCUT2D eigenvalue weighted by atomic mass is 32.4. The maximum Gasteiger partial charge on any atom is 0.0573 e. The maximum atomic E-state index is 7.04. The van der Waals surface area contributed by atoms with Gasteiger partial charge in [-0.15, -0.1) is 0 Å². The van der Waals surface area contributed by atoms with Crippen LogP contribution in [0.2, 0.25) is 0 Å². The Morgan fingerprint density at radius 2 is 0.422 bits per heavy atom. The minimum atomic E-state index is -2.47. The normalized spacial score (nSPS) is 15.3. The fourth-order valence-electron chi connectivity index (χ4n) is 21.9. The van der Waals surface area contributed by atoms with Gasteiger partial charge in [-0.3, -0.25) is 0 Å². The highest BCUT2D eigenvalue weighted by molar-refractivity contribution is 8.26. The molecule has 11 heteroatoms. The van der Waals surface area contributed by atoms with Gasteiger partial charge in [-0.1, -0.05) is 310 Å².